The molecule has 0 unspecified atom stereocenters. The van der Waals surface area contributed by atoms with Crippen LogP contribution in [0.25, 0.3) is 0 Å². The van der Waals surface area contributed by atoms with Crippen molar-refractivity contribution in [2.75, 3.05) is 26.3 Å². The first-order valence-electron chi connectivity index (χ1n) is 8.82. The fourth-order valence-corrected chi connectivity index (χ4v) is 4.06. The molecule has 25 heavy (non-hydrogen) atoms. The molecule has 3 aliphatic rings. The molecule has 4 heterocycles. The number of rotatable bonds is 4. The topological polar surface area (TPSA) is 86.3 Å². The van der Waals surface area contributed by atoms with Crippen LogP contribution in [-0.2, 0) is 18.2 Å². The zero-order chi connectivity index (χ0) is 17.0. The van der Waals surface area contributed by atoms with E-state index in [1.807, 2.05) is 11.9 Å². The predicted octanol–water partition coefficient (Wildman–Crippen LogP) is 1.01. The number of aromatic nitrogens is 4. The Bertz CT molecular complexity index is 811. The summed E-state index contributed by atoms with van der Waals surface area (Å²) in [6.07, 6.45) is 4.75. The lowest BCUT2D eigenvalue weighted by Crippen LogP contribution is -2.35. The van der Waals surface area contributed by atoms with Crippen LogP contribution in [0.5, 0.6) is 0 Å². The third-order valence-corrected chi connectivity index (χ3v) is 5.65. The van der Waals surface area contributed by atoms with Crippen LogP contribution in [0.4, 0.5) is 0 Å². The maximum absolute atomic E-state index is 12.7. The first-order chi connectivity index (χ1) is 12.1. The molecule has 3 fully saturated rings. The van der Waals surface area contributed by atoms with E-state index in [0.29, 0.717) is 56.1 Å². The summed E-state index contributed by atoms with van der Waals surface area (Å²) in [5.41, 5.74) is 0.366. The van der Waals surface area contributed by atoms with Gasteiger partial charge in [-0.2, -0.15) is 5.10 Å². The average Bonchev–Trinajstić information content (AvgIpc) is 2.93. The molecular formula is C17H21N5O3. The molecule has 8 nitrogen and oxygen atoms in total. The summed E-state index contributed by atoms with van der Waals surface area (Å²) in [6.45, 7) is 2.65. The van der Waals surface area contributed by atoms with Gasteiger partial charge >= 0.3 is 0 Å². The number of carbonyl (C=O) groups is 1. The van der Waals surface area contributed by atoms with Gasteiger partial charge in [-0.15, -0.1) is 10.2 Å². The lowest BCUT2D eigenvalue weighted by atomic mass is 9.78. The Morgan fingerprint density at radius 2 is 2.28 bits per heavy atom. The van der Waals surface area contributed by atoms with Crippen molar-refractivity contribution >= 4 is 5.91 Å². The summed E-state index contributed by atoms with van der Waals surface area (Å²) < 4.78 is 13.3. The summed E-state index contributed by atoms with van der Waals surface area (Å²) in [6, 6.07) is 1.76. The second-order valence-corrected chi connectivity index (χ2v) is 7.62. The van der Waals surface area contributed by atoms with E-state index in [1.54, 1.807) is 16.9 Å². The van der Waals surface area contributed by atoms with Crippen LogP contribution in [0.2, 0.25) is 0 Å². The molecule has 2 atom stereocenters. The summed E-state index contributed by atoms with van der Waals surface area (Å²) >= 11 is 0. The molecular weight excluding hydrogens is 322 g/mol. The van der Waals surface area contributed by atoms with Crippen molar-refractivity contribution in [2.24, 2.45) is 18.4 Å². The molecule has 0 radical (unpaired) electrons. The summed E-state index contributed by atoms with van der Waals surface area (Å²) in [5.74, 6) is 2.18. The minimum atomic E-state index is -0.127. The molecule has 2 saturated heterocycles. The molecule has 132 valence electrons. The van der Waals surface area contributed by atoms with Crippen LogP contribution in [0.15, 0.2) is 16.7 Å². The molecule has 0 spiro atoms. The monoisotopic (exact) mass is 343 g/mol. The van der Waals surface area contributed by atoms with E-state index in [1.165, 1.54) is 0 Å². The zero-order valence-corrected chi connectivity index (χ0v) is 14.2. The van der Waals surface area contributed by atoms with Crippen molar-refractivity contribution in [3.05, 3.63) is 29.7 Å². The molecule has 5 rings (SSSR count). The Morgan fingerprint density at radius 3 is 3.04 bits per heavy atom. The van der Waals surface area contributed by atoms with Gasteiger partial charge in [0.15, 0.2) is 0 Å². The second kappa shape index (κ2) is 5.39. The van der Waals surface area contributed by atoms with Gasteiger partial charge in [0.1, 0.15) is 5.69 Å². The number of amides is 1. The summed E-state index contributed by atoms with van der Waals surface area (Å²) in [4.78, 5) is 14.6. The molecule has 1 amide bonds. The fraction of sp³-hybridized carbons (Fsp3) is 0.647. The Labute approximate surface area is 145 Å². The normalized spacial score (nSPS) is 28.5. The molecule has 1 aliphatic carbocycles. The number of aryl methyl sites for hydroxylation is 1. The van der Waals surface area contributed by atoms with Crippen LogP contribution in [-0.4, -0.2) is 57.1 Å². The van der Waals surface area contributed by atoms with E-state index in [2.05, 4.69) is 15.3 Å². The van der Waals surface area contributed by atoms with E-state index in [9.17, 15) is 4.79 Å². The maximum atomic E-state index is 12.7. The quantitative estimate of drug-likeness (QED) is 0.823. The molecule has 0 bridgehead atoms. The third kappa shape index (κ3) is 2.55. The highest BCUT2D eigenvalue weighted by Gasteiger charge is 2.53. The summed E-state index contributed by atoms with van der Waals surface area (Å²) in [5, 5.41) is 12.7. The van der Waals surface area contributed by atoms with Crippen molar-refractivity contribution in [3.63, 3.8) is 0 Å². The van der Waals surface area contributed by atoms with Crippen LogP contribution in [0.1, 0.15) is 41.0 Å². The number of hydrogen-bond acceptors (Lipinski definition) is 6. The Morgan fingerprint density at radius 1 is 1.40 bits per heavy atom. The number of hydrogen-bond donors (Lipinski definition) is 0. The molecule has 0 N–H and O–H groups in total. The molecule has 2 aliphatic heterocycles. The smallest absolute Gasteiger partial charge is 0.274 e. The Kier molecular flexibility index (Phi) is 3.25. The highest BCUT2D eigenvalue weighted by Crippen LogP contribution is 2.45. The highest BCUT2D eigenvalue weighted by molar-refractivity contribution is 5.92. The number of fused-ring (bicyclic) bond motifs is 1. The lowest BCUT2D eigenvalue weighted by molar-refractivity contribution is 0.0708. The zero-order valence-electron chi connectivity index (χ0n) is 14.2. The van der Waals surface area contributed by atoms with Crippen LogP contribution in [0.3, 0.4) is 0 Å². The van der Waals surface area contributed by atoms with Gasteiger partial charge in [0.25, 0.3) is 5.91 Å². The molecule has 2 aromatic heterocycles. The number of carbonyl (C=O) groups excluding carboxylic acids is 1. The highest BCUT2D eigenvalue weighted by atomic mass is 16.5. The van der Waals surface area contributed by atoms with Crippen LogP contribution >= 0.6 is 0 Å². The van der Waals surface area contributed by atoms with Gasteiger partial charge in [0.2, 0.25) is 11.8 Å². The second-order valence-electron chi connectivity index (χ2n) is 7.62. The van der Waals surface area contributed by atoms with E-state index in [-0.39, 0.29) is 11.3 Å². The Hall–Kier alpha value is -2.22. The minimum absolute atomic E-state index is 0.0152. The van der Waals surface area contributed by atoms with Gasteiger partial charge in [-0.05, 0) is 18.9 Å². The van der Waals surface area contributed by atoms with Crippen molar-refractivity contribution in [1.29, 1.82) is 0 Å². The molecule has 1 saturated carbocycles. The maximum Gasteiger partial charge on any atom is 0.274 e. The van der Waals surface area contributed by atoms with Gasteiger partial charge in [0, 0.05) is 50.0 Å². The number of ether oxygens (including phenoxy) is 1. The van der Waals surface area contributed by atoms with Gasteiger partial charge in [0.05, 0.1) is 13.2 Å². The van der Waals surface area contributed by atoms with Crippen LogP contribution < -0.4 is 0 Å². The van der Waals surface area contributed by atoms with Crippen molar-refractivity contribution in [2.45, 2.75) is 25.2 Å². The van der Waals surface area contributed by atoms with Crippen molar-refractivity contribution < 1.29 is 13.9 Å². The fourth-order valence-electron chi connectivity index (χ4n) is 4.06. The number of nitrogens with zero attached hydrogens (tertiary/aromatic N) is 5. The first-order valence-corrected chi connectivity index (χ1v) is 8.82. The minimum Gasteiger partial charge on any atom is -0.425 e. The third-order valence-electron chi connectivity index (χ3n) is 5.65. The van der Waals surface area contributed by atoms with Gasteiger partial charge in [-0.25, -0.2) is 0 Å². The number of likely N-dealkylation sites (tertiary alicyclic amines) is 1. The van der Waals surface area contributed by atoms with Crippen molar-refractivity contribution in [3.8, 4) is 0 Å². The van der Waals surface area contributed by atoms with E-state index < -0.39 is 0 Å². The lowest BCUT2D eigenvalue weighted by Gasteiger charge is -2.25. The molecule has 8 heteroatoms. The van der Waals surface area contributed by atoms with Crippen molar-refractivity contribution in [1.82, 2.24) is 24.9 Å². The first kappa shape index (κ1) is 15.1. The van der Waals surface area contributed by atoms with Gasteiger partial charge in [-0.1, -0.05) is 0 Å². The molecule has 2 aromatic rings. The van der Waals surface area contributed by atoms with Crippen LogP contribution in [0, 0.1) is 11.3 Å². The van der Waals surface area contributed by atoms with E-state index in [4.69, 9.17) is 9.15 Å². The van der Waals surface area contributed by atoms with Gasteiger partial charge in [-0.3, -0.25) is 9.48 Å². The SMILES string of the molecule is Cn1ccc(C(=O)N2C[C@@H]3COC[C@]3(Cc3nnc(C4CC4)o3)C2)n1. The standard InChI is InChI=1S/C17H21N5O3/c1-21-5-4-13(20-21)16(23)22-7-12-8-24-10-17(12,9-22)6-14-18-19-15(25-14)11-2-3-11/h4-5,11-12H,2-3,6-10H2,1H3/t12-,17+/m1/s1. The van der Waals surface area contributed by atoms with E-state index >= 15 is 0 Å². The Balaban J connectivity index is 1.35. The molecule has 0 aromatic carbocycles. The van der Waals surface area contributed by atoms with Gasteiger partial charge < -0.3 is 14.1 Å². The summed E-state index contributed by atoms with van der Waals surface area (Å²) in [7, 11) is 1.82. The van der Waals surface area contributed by atoms with E-state index in [0.717, 1.165) is 18.7 Å². The average molecular weight is 343 g/mol. The largest absolute Gasteiger partial charge is 0.425 e. The predicted molar refractivity (Wildman–Crippen MR) is 85.8 cm³/mol.